The average molecular weight is 3290 g/mol. The number of rotatable bonds is 12. The van der Waals surface area contributed by atoms with Crippen molar-refractivity contribution in [3.05, 3.63) is 58.7 Å². The van der Waals surface area contributed by atoms with E-state index in [9.17, 15) is 28.1 Å². The number of hydrogen-bond acceptors (Lipinski definition) is 17. The minimum Gasteiger partial charge on any atom is -0.444 e. The molecule has 0 saturated carbocycles. The second kappa shape index (κ2) is 118. The Bertz CT molecular complexity index is 7700. The van der Waals surface area contributed by atoms with Crippen LogP contribution in [-0.4, -0.2) is 106 Å². The number of nitro benzene ring substituents is 1. The average Bonchev–Trinajstić information content (AvgIpc) is 0.807. The minimum atomic E-state index is -4.37. The molecule has 0 radical (unpaired) electrons. The number of benzene rings is 1. The third kappa shape index (κ3) is 118. The lowest BCUT2D eigenvalue weighted by molar-refractivity contribution is -0.387. The van der Waals surface area contributed by atoms with Crippen LogP contribution in [0.1, 0.15) is 80.1 Å². The Labute approximate surface area is 994 Å². The van der Waals surface area contributed by atoms with Crippen molar-refractivity contribution >= 4 is 739 Å². The molecular weight excluding hydrogens is 3240 g/mol. The predicted molar refractivity (Wildman–Crippen MR) is 775 cm³/mol. The number of aliphatic hydroxyl groups is 1. The molecule has 2 atom stereocenters. The normalized spacial score (nSPS) is 11.8. The lowest BCUT2D eigenvalue weighted by Crippen LogP contribution is -2.36. The van der Waals surface area contributed by atoms with E-state index in [1.165, 1.54) is 59.0 Å². The van der Waals surface area contributed by atoms with Gasteiger partial charge in [0.15, 0.2) is 17.5 Å². The molecule has 0 bridgehead atoms. The molecule has 2 aliphatic rings. The van der Waals surface area contributed by atoms with E-state index < -0.39 is 42.8 Å². The number of likely N-dealkylation sites (N-methyl/N-ethyl adjacent to an activating group) is 1. The van der Waals surface area contributed by atoms with Crippen molar-refractivity contribution in [1.82, 2.24) is 9.62 Å². The van der Waals surface area contributed by atoms with E-state index in [0.29, 0.717) is 19.8 Å². The molecule has 0 aliphatic carbocycles. The molecule has 16 nitrogen and oxygen atoms in total. The molecule has 2 fully saturated rings. The first-order valence-corrected chi connectivity index (χ1v) is 134. The molecule has 96 heteroatoms. The monoisotopic (exact) mass is 3290 g/mol. The van der Waals surface area contributed by atoms with E-state index in [4.69, 9.17) is 55.9 Å². The Morgan fingerprint density at radius 3 is 0.840 bits per heavy atom. The third-order valence-electron chi connectivity index (χ3n) is 8.55. The summed E-state index contributed by atoms with van der Waals surface area (Å²) in [6.07, 6.45) is 12.2. The maximum atomic E-state index is 11.9. The summed E-state index contributed by atoms with van der Waals surface area (Å²) in [6.45, 7) is 13.5. The third-order valence-corrected chi connectivity index (χ3v) is 172. The number of amides is 2. The van der Waals surface area contributed by atoms with Gasteiger partial charge in [-0.25, -0.2) is 22.7 Å². The summed E-state index contributed by atoms with van der Waals surface area (Å²) in [5.74, 6) is 0. The van der Waals surface area contributed by atoms with Gasteiger partial charge in [0.1, 0.15) is 11.2 Å². The topological polar surface area (TPSA) is 202 Å². The lowest BCUT2D eigenvalue weighted by atomic mass is 10.2. The second-order valence-electron chi connectivity index (χ2n) is 18.7. The first-order chi connectivity index (χ1) is 63.7. The van der Waals surface area contributed by atoms with E-state index >= 15 is 0 Å². The highest BCUT2D eigenvalue weighted by molar-refractivity contribution is 8.85. The molecule has 2 heterocycles. The van der Waals surface area contributed by atoms with Gasteiger partial charge in [-0.05, 0) is 86.1 Å². The quantitative estimate of drug-likeness (QED) is 0.148. The van der Waals surface area contributed by atoms with Crippen LogP contribution >= 0.6 is 0 Å². The zero-order valence-corrected chi connectivity index (χ0v) is 129. The van der Waals surface area contributed by atoms with Gasteiger partial charge in [0.2, 0.25) is 0 Å². The first-order valence-electron chi connectivity index (χ1n) is 30.0. The molecule has 2 unspecified atom stereocenters. The largest absolute Gasteiger partial charge is 0.444 e. The highest BCUT2D eigenvalue weighted by Crippen LogP contribution is 2.23. The Morgan fingerprint density at radius 2 is 0.634 bits per heavy atom. The van der Waals surface area contributed by atoms with Gasteiger partial charge in [0.05, 0.1) is 24.7 Å². The SMILES string of the molecule is CC(C)(C)OC(=O)NS(=O)(=O)c1ccccc1[N+](=O)[O-].CN(C/C=C/COC1CCCCO1)C(=O)OC(C)(C)C.OC/C=C/COC1CCCCO1.S=S=S=S.S=S=S=S=S=S=S=S=S=S=S=S=S=S=S=S=S=S=S=S=S=S=S=S=S=S=S=S=S=S=S=S=S=S=S=S=S=S=S=S=S=S=S=S=S=S=S=S=S=S=S=S=S=S=S=S=S=S=S=S=S=S=S=S=S=S=S=S=S=S=S=S=S=S=S. The number of hydrogen-bond donors (Lipinski definition) is 2. The Hall–Kier alpha value is 13.8. The first kappa shape index (κ1) is 147. The summed E-state index contributed by atoms with van der Waals surface area (Å²) in [7, 11) is 131. The molecule has 3 rings (SSSR count). The van der Waals surface area contributed by atoms with Gasteiger partial charge in [-0.2, -0.15) is 0 Å². The number of aliphatic hydroxyl groups excluding tert-OH is 1. The van der Waals surface area contributed by atoms with E-state index in [1.807, 2.05) is 557 Å². The van der Waals surface area contributed by atoms with E-state index in [0.717, 1.165) is 57.5 Å². The summed E-state index contributed by atoms with van der Waals surface area (Å²) in [4.78, 5) is 34.0. The molecule has 770 valence electrons. The zero-order chi connectivity index (χ0) is 96.2. The number of para-hydroxylation sites is 1. The van der Waals surface area contributed by atoms with Crippen LogP contribution in [0.2, 0.25) is 0 Å². The van der Waals surface area contributed by atoms with Gasteiger partial charge in [-0.15, -0.1) is 0 Å². The Kier molecular flexibility index (Phi) is 132. The van der Waals surface area contributed by atoms with Crippen molar-refractivity contribution in [2.24, 2.45) is 0 Å². The maximum Gasteiger partial charge on any atom is 0.421 e. The summed E-state index contributed by atoms with van der Waals surface area (Å²) >= 11 is 18.3. The second-order valence-corrected chi connectivity index (χ2v) is 153. The fourth-order valence-corrected chi connectivity index (χ4v) is 201. The van der Waals surface area contributed by atoms with Crippen LogP contribution in [-0.2, 0) is 749 Å². The highest BCUT2D eigenvalue weighted by Gasteiger charge is 2.29. The summed E-state index contributed by atoms with van der Waals surface area (Å²) in [6, 6.07) is 4.70. The molecule has 2 aliphatic heterocycles. The van der Waals surface area contributed by atoms with Crippen LogP contribution < -0.4 is 4.72 Å². The number of nitrogens with one attached hydrogen (secondary N) is 1. The number of ether oxygens (including phenoxy) is 6. The predicted octanol–water partition coefficient (Wildman–Crippen LogP) is 5.65. The Morgan fingerprint density at radius 1 is 0.397 bits per heavy atom. The van der Waals surface area contributed by atoms with Crippen molar-refractivity contribution in [2.45, 2.75) is 109 Å². The van der Waals surface area contributed by atoms with Gasteiger partial charge in [-0.3, -0.25) is 10.1 Å². The highest BCUT2D eigenvalue weighted by atomic mass is 33.5. The summed E-state index contributed by atoms with van der Waals surface area (Å²) < 4.78 is 57.3. The molecule has 131 heavy (non-hydrogen) atoms. The van der Waals surface area contributed by atoms with Crippen LogP contribution in [0.3, 0.4) is 0 Å². The van der Waals surface area contributed by atoms with E-state index in [-0.39, 0.29) is 25.3 Å². The molecule has 1 aromatic carbocycles. The van der Waals surface area contributed by atoms with Crippen molar-refractivity contribution in [1.29, 1.82) is 0 Å². The van der Waals surface area contributed by atoms with Crippen LogP contribution in [0.25, 0.3) is 0 Å². The van der Waals surface area contributed by atoms with Crippen molar-refractivity contribution in [2.75, 3.05) is 46.6 Å². The van der Waals surface area contributed by atoms with Crippen molar-refractivity contribution in [3.63, 3.8) is 0 Å². The van der Waals surface area contributed by atoms with Crippen molar-refractivity contribution in [3.8, 4) is 0 Å². The smallest absolute Gasteiger partial charge is 0.421 e. The van der Waals surface area contributed by atoms with Gasteiger partial charge in [0, 0.05) is 744 Å². The molecule has 1 aromatic rings. The molecular formula is C35H57N3O13S80. The molecule has 2 saturated heterocycles. The number of carbonyl (C=O) groups is 2. The summed E-state index contributed by atoms with van der Waals surface area (Å²) in [5.41, 5.74) is -1.97. The number of carbonyl (C=O) groups excluding carboxylic acids is 2. The standard InChI is InChI=1S/C15H27NO4.C11H14N2O6S.C9H16O3.S75.S4/c1-15(2,3)20-14(17)16(4)10-6-8-12-19-13-9-5-7-11-18-13;1-11(2,3)19-10(14)12-20(17,18)9-7-5-4-6-8(9)13(15)16;10-6-2-4-8-12-9-5-1-3-7-11-9;1-3-5-7-9-11-13-15-17-19-21-23-25-27-29-31-33-35-37-39-41-43-45-47-49-51-53-55-57-59-61-63-65-67-69-71-73-75-74-72-70-68-66-64-62-60-58-56-54-52-50-48-46-44-42-40-38-36-34-32-30-28-26-24-22-20-18-16-14-12-10-8-6-4-2;1-3-4-2/h6,8,13H,5,7,9-12H2,1-4H3;4-7H,1-3H3,(H,12,14);2,4,9-10H,1,3,5-8H2;;/b8-6+;;4-2+;;. The fraction of sp³-hybridized carbons (Fsp3) is 0.657. The Balaban J connectivity index is 0. The fourth-order valence-electron chi connectivity index (χ4n) is 4.97. The van der Waals surface area contributed by atoms with Gasteiger partial charge < -0.3 is 38.4 Å². The summed E-state index contributed by atoms with van der Waals surface area (Å²) in [5, 5.41) is 19.2. The molecule has 0 spiro atoms. The lowest BCUT2D eigenvalue weighted by Gasteiger charge is -2.24. The van der Waals surface area contributed by atoms with Gasteiger partial charge >= 0.3 is 12.2 Å². The van der Waals surface area contributed by atoms with E-state index in [1.54, 1.807) is 151 Å². The minimum absolute atomic E-state index is 0.0258. The van der Waals surface area contributed by atoms with E-state index in [2.05, 4.69) is 22.4 Å². The van der Waals surface area contributed by atoms with Crippen LogP contribution in [0, 0.1) is 10.1 Å². The number of sulfonamides is 1. The van der Waals surface area contributed by atoms with Crippen LogP contribution in [0.4, 0.5) is 15.3 Å². The number of nitro groups is 1. The maximum absolute atomic E-state index is 11.9. The van der Waals surface area contributed by atoms with Gasteiger partial charge in [-0.1, -0.05) is 36.4 Å². The molecule has 2 N–H and O–H groups in total. The van der Waals surface area contributed by atoms with Gasteiger partial charge in [0.25, 0.3) is 15.7 Å². The molecule has 0 aromatic heterocycles. The van der Waals surface area contributed by atoms with Crippen LogP contribution in [0.15, 0.2) is 53.5 Å². The number of nitrogens with zero attached hydrogens (tertiary/aromatic N) is 2. The van der Waals surface area contributed by atoms with Crippen molar-refractivity contribution < 1.29 is 56.5 Å². The molecule has 2 amide bonds. The zero-order valence-electron chi connectivity index (χ0n) is 63.7. The van der Waals surface area contributed by atoms with Crippen LogP contribution in [0.5, 0.6) is 0 Å².